The number of hydrogen-bond donors (Lipinski definition) is 1. The number of nitrogens with one attached hydrogen (secondary N) is 1. The van der Waals surface area contributed by atoms with Crippen LogP contribution in [-0.2, 0) is 17.6 Å². The molecular weight excluding hydrogens is 290 g/mol. The van der Waals surface area contributed by atoms with Crippen molar-refractivity contribution in [2.75, 3.05) is 5.32 Å². The van der Waals surface area contributed by atoms with Crippen molar-refractivity contribution >= 4 is 23.4 Å². The molecule has 0 bridgehead atoms. The lowest BCUT2D eigenvalue weighted by molar-refractivity contribution is -0.115. The van der Waals surface area contributed by atoms with Crippen molar-refractivity contribution in [1.29, 1.82) is 0 Å². The van der Waals surface area contributed by atoms with E-state index in [0.29, 0.717) is 0 Å². The van der Waals surface area contributed by atoms with Gasteiger partial charge in [-0.15, -0.1) is 11.8 Å². The first kappa shape index (κ1) is 15.2. The van der Waals surface area contributed by atoms with E-state index in [0.717, 1.165) is 24.1 Å². The minimum absolute atomic E-state index is 0.0267. The Labute approximate surface area is 136 Å². The quantitative estimate of drug-likeness (QED) is 0.903. The predicted octanol–water partition coefficient (Wildman–Crippen LogP) is 4.52. The molecule has 114 valence electrons. The van der Waals surface area contributed by atoms with Gasteiger partial charge >= 0.3 is 0 Å². The Morgan fingerprint density at radius 3 is 2.86 bits per heavy atom. The second-order valence-corrected chi connectivity index (χ2v) is 7.12. The molecule has 0 aliphatic carbocycles. The fraction of sp³-hybridized carbons (Fsp3) is 0.316. The number of amides is 1. The van der Waals surface area contributed by atoms with Crippen molar-refractivity contribution in [3.05, 3.63) is 58.7 Å². The third-order valence-corrected chi connectivity index (χ3v) is 5.48. The van der Waals surface area contributed by atoms with Crippen LogP contribution in [0.4, 0.5) is 5.69 Å². The number of fused-ring (bicyclic) bond motifs is 1. The van der Waals surface area contributed by atoms with E-state index in [4.69, 9.17) is 0 Å². The molecule has 0 aromatic heterocycles. The summed E-state index contributed by atoms with van der Waals surface area (Å²) in [6, 6.07) is 12.6. The zero-order chi connectivity index (χ0) is 15.7. The normalized spacial score (nSPS) is 16.4. The highest BCUT2D eigenvalue weighted by molar-refractivity contribution is 8.01. The number of para-hydroxylation sites is 1. The minimum atomic E-state index is -0.0267. The lowest BCUT2D eigenvalue weighted by Gasteiger charge is -2.15. The Morgan fingerprint density at radius 1 is 1.27 bits per heavy atom. The molecule has 3 rings (SSSR count). The van der Waals surface area contributed by atoms with Crippen LogP contribution in [0, 0.1) is 13.8 Å². The number of benzene rings is 2. The van der Waals surface area contributed by atoms with Gasteiger partial charge in [-0.1, -0.05) is 42.8 Å². The number of rotatable bonds is 3. The summed E-state index contributed by atoms with van der Waals surface area (Å²) in [6.07, 6.45) is 1.74. The van der Waals surface area contributed by atoms with Crippen LogP contribution in [0.5, 0.6) is 0 Å². The van der Waals surface area contributed by atoms with Crippen molar-refractivity contribution in [2.45, 2.75) is 43.8 Å². The maximum absolute atomic E-state index is 12.7. The fourth-order valence-electron chi connectivity index (χ4n) is 2.89. The number of carbonyl (C=O) groups is 1. The average molecular weight is 311 g/mol. The Morgan fingerprint density at radius 2 is 2.09 bits per heavy atom. The van der Waals surface area contributed by atoms with Crippen LogP contribution < -0.4 is 5.32 Å². The van der Waals surface area contributed by atoms with Crippen molar-refractivity contribution in [2.24, 2.45) is 0 Å². The SMILES string of the molecule is CCc1cccc(C)c1NC(=O)[C@@H]1Cc2ccc(C)cc2S1. The van der Waals surface area contributed by atoms with Gasteiger partial charge in [0.2, 0.25) is 5.91 Å². The first-order valence-corrected chi connectivity index (χ1v) is 8.62. The molecule has 0 spiro atoms. The molecule has 0 saturated heterocycles. The molecule has 2 aromatic carbocycles. The zero-order valence-electron chi connectivity index (χ0n) is 13.3. The van der Waals surface area contributed by atoms with Crippen LogP contribution in [0.2, 0.25) is 0 Å². The Hall–Kier alpha value is -1.74. The van der Waals surface area contributed by atoms with Crippen molar-refractivity contribution in [3.8, 4) is 0 Å². The lowest BCUT2D eigenvalue weighted by Crippen LogP contribution is -2.25. The molecule has 1 heterocycles. The summed E-state index contributed by atoms with van der Waals surface area (Å²) in [5.74, 6) is 0.114. The number of anilines is 1. The lowest BCUT2D eigenvalue weighted by atomic mass is 10.0. The molecule has 0 saturated carbocycles. The summed E-state index contributed by atoms with van der Waals surface area (Å²) >= 11 is 1.68. The summed E-state index contributed by atoms with van der Waals surface area (Å²) in [6.45, 7) is 6.26. The van der Waals surface area contributed by atoms with Gasteiger partial charge in [-0.05, 0) is 49.4 Å². The molecule has 22 heavy (non-hydrogen) atoms. The van der Waals surface area contributed by atoms with Crippen molar-refractivity contribution in [1.82, 2.24) is 0 Å². The van der Waals surface area contributed by atoms with E-state index in [-0.39, 0.29) is 11.2 Å². The largest absolute Gasteiger partial charge is 0.325 e. The Kier molecular flexibility index (Phi) is 4.25. The number of thioether (sulfide) groups is 1. The first-order chi connectivity index (χ1) is 10.6. The zero-order valence-corrected chi connectivity index (χ0v) is 14.1. The summed E-state index contributed by atoms with van der Waals surface area (Å²) in [7, 11) is 0. The van der Waals surface area contributed by atoms with E-state index in [1.807, 2.05) is 6.07 Å². The molecule has 0 fully saturated rings. The number of hydrogen-bond acceptors (Lipinski definition) is 2. The maximum Gasteiger partial charge on any atom is 0.238 e. The average Bonchev–Trinajstić information content (AvgIpc) is 2.92. The van der Waals surface area contributed by atoms with Crippen LogP contribution in [-0.4, -0.2) is 11.2 Å². The summed E-state index contributed by atoms with van der Waals surface area (Å²) < 4.78 is 0. The van der Waals surface area contributed by atoms with Gasteiger partial charge in [0.25, 0.3) is 0 Å². The minimum Gasteiger partial charge on any atom is -0.325 e. The summed E-state index contributed by atoms with van der Waals surface area (Å²) in [5.41, 5.74) is 5.85. The monoisotopic (exact) mass is 311 g/mol. The molecule has 2 aromatic rings. The third kappa shape index (κ3) is 2.91. The molecule has 0 unspecified atom stereocenters. The van der Waals surface area contributed by atoms with Crippen LogP contribution in [0.25, 0.3) is 0 Å². The van der Waals surface area contributed by atoms with E-state index in [9.17, 15) is 4.79 Å². The smallest absolute Gasteiger partial charge is 0.238 e. The summed E-state index contributed by atoms with van der Waals surface area (Å²) in [5, 5.41) is 3.13. The second kappa shape index (κ2) is 6.17. The maximum atomic E-state index is 12.7. The highest BCUT2D eigenvalue weighted by atomic mass is 32.2. The molecule has 2 nitrogen and oxygen atoms in total. The van der Waals surface area contributed by atoms with E-state index in [2.05, 4.69) is 56.4 Å². The van der Waals surface area contributed by atoms with Gasteiger partial charge in [0, 0.05) is 10.6 Å². The van der Waals surface area contributed by atoms with Gasteiger partial charge < -0.3 is 5.32 Å². The molecule has 1 aliphatic rings. The van der Waals surface area contributed by atoms with E-state index < -0.39 is 0 Å². The molecule has 1 N–H and O–H groups in total. The van der Waals surface area contributed by atoms with E-state index in [1.165, 1.54) is 21.6 Å². The van der Waals surface area contributed by atoms with Gasteiger partial charge in [-0.25, -0.2) is 0 Å². The van der Waals surface area contributed by atoms with Gasteiger partial charge in [-0.3, -0.25) is 4.79 Å². The molecule has 3 heteroatoms. The van der Waals surface area contributed by atoms with Gasteiger partial charge in [-0.2, -0.15) is 0 Å². The number of carbonyl (C=O) groups excluding carboxylic acids is 1. The first-order valence-electron chi connectivity index (χ1n) is 7.74. The van der Waals surface area contributed by atoms with Crippen molar-refractivity contribution < 1.29 is 4.79 Å². The highest BCUT2D eigenvalue weighted by Crippen LogP contribution is 2.38. The topological polar surface area (TPSA) is 29.1 Å². The second-order valence-electron chi connectivity index (χ2n) is 5.87. The third-order valence-electron chi connectivity index (χ3n) is 4.18. The Balaban J connectivity index is 1.77. The van der Waals surface area contributed by atoms with Crippen LogP contribution in [0.15, 0.2) is 41.3 Å². The fourth-order valence-corrected chi connectivity index (χ4v) is 4.18. The molecule has 1 aliphatic heterocycles. The van der Waals surface area contributed by atoms with Gasteiger partial charge in [0.15, 0.2) is 0 Å². The van der Waals surface area contributed by atoms with Crippen molar-refractivity contribution in [3.63, 3.8) is 0 Å². The van der Waals surface area contributed by atoms with E-state index in [1.54, 1.807) is 11.8 Å². The molecular formula is C19H21NOS. The van der Waals surface area contributed by atoms with Crippen LogP contribution in [0.1, 0.15) is 29.2 Å². The molecule has 1 atom stereocenters. The predicted molar refractivity (Wildman–Crippen MR) is 93.7 cm³/mol. The molecule has 1 amide bonds. The van der Waals surface area contributed by atoms with Gasteiger partial charge in [0.05, 0.1) is 5.25 Å². The van der Waals surface area contributed by atoms with Gasteiger partial charge in [0.1, 0.15) is 0 Å². The summed E-state index contributed by atoms with van der Waals surface area (Å²) in [4.78, 5) is 13.9. The van der Waals surface area contributed by atoms with E-state index >= 15 is 0 Å². The highest BCUT2D eigenvalue weighted by Gasteiger charge is 2.28. The standard InChI is InChI=1S/C19H21NOS/c1-4-14-7-5-6-13(3)18(14)20-19(21)17-11-15-9-8-12(2)10-16(15)22-17/h5-10,17H,4,11H2,1-3H3,(H,20,21)/t17-/m0/s1. The van der Waals surface area contributed by atoms with Crippen LogP contribution in [0.3, 0.4) is 0 Å². The Bertz CT molecular complexity index is 723. The molecule has 0 radical (unpaired) electrons. The van der Waals surface area contributed by atoms with Crippen LogP contribution >= 0.6 is 11.8 Å². The number of aryl methyl sites for hydroxylation is 3.